The summed E-state index contributed by atoms with van der Waals surface area (Å²) < 4.78 is 33.7. The normalized spacial score (nSPS) is 12.2. The predicted octanol–water partition coefficient (Wildman–Crippen LogP) is 5.21. The van der Waals surface area contributed by atoms with Crippen LogP contribution in [0.25, 0.3) is 0 Å². The van der Waals surface area contributed by atoms with E-state index in [2.05, 4.69) is 0 Å². The van der Waals surface area contributed by atoms with Crippen LogP contribution >= 0.6 is 11.6 Å². The van der Waals surface area contributed by atoms with E-state index in [0.29, 0.717) is 22.0 Å². The number of non-ortho nitro benzene ring substituents is 1. The van der Waals surface area contributed by atoms with E-state index < -0.39 is 21.0 Å². The second kappa shape index (κ2) is 8.73. The van der Waals surface area contributed by atoms with E-state index in [1.165, 1.54) is 35.7 Å². The Kier molecular flexibility index (Phi) is 6.28. The summed E-state index contributed by atoms with van der Waals surface area (Å²) >= 11 is 6.12. The van der Waals surface area contributed by atoms with E-state index in [-0.39, 0.29) is 10.6 Å². The van der Waals surface area contributed by atoms with Crippen LogP contribution in [0.1, 0.15) is 18.5 Å². The molecule has 0 aliphatic heterocycles. The molecule has 9 heteroatoms. The van der Waals surface area contributed by atoms with Gasteiger partial charge in [-0.05, 0) is 55.0 Å². The average molecular weight is 447 g/mol. The van der Waals surface area contributed by atoms with Crippen molar-refractivity contribution in [2.45, 2.75) is 17.9 Å². The Morgan fingerprint density at radius 3 is 2.30 bits per heavy atom. The average Bonchev–Trinajstić information content (AvgIpc) is 2.73. The van der Waals surface area contributed by atoms with Crippen molar-refractivity contribution in [3.8, 4) is 5.75 Å². The monoisotopic (exact) mass is 446 g/mol. The summed E-state index contributed by atoms with van der Waals surface area (Å²) in [5.74, 6) is 0.595. The molecular weight excluding hydrogens is 428 g/mol. The molecule has 0 amide bonds. The van der Waals surface area contributed by atoms with Gasteiger partial charge in [-0.2, -0.15) is 0 Å². The van der Waals surface area contributed by atoms with Crippen molar-refractivity contribution in [1.82, 2.24) is 0 Å². The third-order valence-corrected chi connectivity index (χ3v) is 6.74. The first-order valence-corrected chi connectivity index (χ1v) is 10.7. The van der Waals surface area contributed by atoms with Crippen LogP contribution in [0.15, 0.2) is 77.7 Å². The molecule has 0 aliphatic carbocycles. The molecule has 1 atom stereocenters. The number of ether oxygens (including phenoxy) is 1. The van der Waals surface area contributed by atoms with Crippen molar-refractivity contribution in [2.24, 2.45) is 0 Å². The number of hydrogen-bond donors (Lipinski definition) is 0. The fourth-order valence-electron chi connectivity index (χ4n) is 3.07. The maximum Gasteiger partial charge on any atom is 0.269 e. The highest BCUT2D eigenvalue weighted by molar-refractivity contribution is 7.92. The minimum Gasteiger partial charge on any atom is -0.497 e. The molecule has 3 rings (SSSR count). The molecule has 0 spiro atoms. The molecule has 0 fully saturated rings. The maximum atomic E-state index is 13.6. The van der Waals surface area contributed by atoms with Crippen LogP contribution in [0.2, 0.25) is 5.02 Å². The molecule has 3 aromatic rings. The highest BCUT2D eigenvalue weighted by atomic mass is 35.5. The van der Waals surface area contributed by atoms with Crippen molar-refractivity contribution >= 4 is 33.0 Å². The van der Waals surface area contributed by atoms with Crippen molar-refractivity contribution in [2.75, 3.05) is 11.4 Å². The third-order valence-electron chi connectivity index (χ3n) is 4.59. The topological polar surface area (TPSA) is 89.8 Å². The number of anilines is 1. The number of nitro benzene ring substituents is 1. The summed E-state index contributed by atoms with van der Waals surface area (Å²) in [6.07, 6.45) is 0. The van der Waals surface area contributed by atoms with E-state index >= 15 is 0 Å². The van der Waals surface area contributed by atoms with E-state index in [4.69, 9.17) is 16.3 Å². The zero-order chi connectivity index (χ0) is 21.9. The number of hydrogen-bond acceptors (Lipinski definition) is 5. The summed E-state index contributed by atoms with van der Waals surface area (Å²) in [5, 5.41) is 11.3. The van der Waals surface area contributed by atoms with Gasteiger partial charge >= 0.3 is 0 Å². The molecule has 0 heterocycles. The highest BCUT2D eigenvalue weighted by Gasteiger charge is 2.31. The molecule has 0 saturated heterocycles. The maximum absolute atomic E-state index is 13.6. The predicted molar refractivity (Wildman–Crippen MR) is 116 cm³/mol. The van der Waals surface area contributed by atoms with E-state index in [0.717, 1.165) is 0 Å². The number of nitro groups is 1. The number of nitrogens with zero attached hydrogens (tertiary/aromatic N) is 2. The second-order valence-electron chi connectivity index (χ2n) is 6.48. The van der Waals surface area contributed by atoms with Crippen molar-refractivity contribution < 1.29 is 18.1 Å². The summed E-state index contributed by atoms with van der Waals surface area (Å²) in [6, 6.07) is 17.8. The third kappa shape index (κ3) is 4.39. The van der Waals surface area contributed by atoms with Gasteiger partial charge in [-0.25, -0.2) is 8.42 Å². The van der Waals surface area contributed by atoms with Gasteiger partial charge in [0.25, 0.3) is 15.7 Å². The van der Waals surface area contributed by atoms with Crippen LogP contribution in [0.5, 0.6) is 5.75 Å². The molecule has 0 aromatic heterocycles. The molecule has 3 aromatic carbocycles. The minimum atomic E-state index is -4.07. The lowest BCUT2D eigenvalue weighted by Gasteiger charge is -2.31. The molecule has 7 nitrogen and oxygen atoms in total. The molecule has 0 bridgehead atoms. The number of halogens is 1. The largest absolute Gasteiger partial charge is 0.497 e. The quantitative estimate of drug-likeness (QED) is 0.367. The van der Waals surface area contributed by atoms with Crippen LogP contribution < -0.4 is 9.04 Å². The number of rotatable bonds is 7. The molecule has 30 heavy (non-hydrogen) atoms. The molecule has 0 radical (unpaired) electrons. The van der Waals surface area contributed by atoms with Gasteiger partial charge in [0.1, 0.15) is 5.75 Å². The molecule has 156 valence electrons. The van der Waals surface area contributed by atoms with Gasteiger partial charge in [0.05, 0.1) is 28.7 Å². The molecule has 0 aliphatic rings. The van der Waals surface area contributed by atoms with Crippen LogP contribution in [0.3, 0.4) is 0 Å². The number of methoxy groups -OCH3 is 1. The van der Waals surface area contributed by atoms with Crippen molar-refractivity contribution in [3.05, 3.63) is 93.5 Å². The fourth-order valence-corrected chi connectivity index (χ4v) is 4.89. The zero-order valence-electron chi connectivity index (χ0n) is 16.2. The lowest BCUT2D eigenvalue weighted by atomic mass is 10.1. The van der Waals surface area contributed by atoms with Gasteiger partial charge in [0.15, 0.2) is 0 Å². The Labute approximate surface area is 179 Å². The fraction of sp³-hybridized carbons (Fsp3) is 0.143. The first-order chi connectivity index (χ1) is 14.2. The number of benzene rings is 3. The van der Waals surface area contributed by atoms with Gasteiger partial charge in [0, 0.05) is 17.2 Å². The summed E-state index contributed by atoms with van der Waals surface area (Å²) in [5.41, 5.74) is 0.889. The lowest BCUT2D eigenvalue weighted by molar-refractivity contribution is -0.384. The van der Waals surface area contributed by atoms with Crippen LogP contribution in [0.4, 0.5) is 11.4 Å². The number of sulfonamides is 1. The molecular formula is C21H19ClN2O5S. The van der Waals surface area contributed by atoms with E-state index in [9.17, 15) is 18.5 Å². The van der Waals surface area contributed by atoms with Gasteiger partial charge in [0.2, 0.25) is 0 Å². The smallest absolute Gasteiger partial charge is 0.269 e. The van der Waals surface area contributed by atoms with E-state index in [1.807, 2.05) is 0 Å². The zero-order valence-corrected chi connectivity index (χ0v) is 17.8. The molecule has 0 saturated carbocycles. The SMILES string of the molecule is COc1cccc([C@@H](C)N(c2cccc(Cl)c2)S(=O)(=O)c2ccc([N+](=O)[O-])cc2)c1. The van der Waals surface area contributed by atoms with Gasteiger partial charge in [-0.1, -0.05) is 29.8 Å². The van der Waals surface area contributed by atoms with Crippen molar-refractivity contribution in [3.63, 3.8) is 0 Å². The summed E-state index contributed by atoms with van der Waals surface area (Å²) in [7, 11) is -2.54. The lowest BCUT2D eigenvalue weighted by Crippen LogP contribution is -2.33. The Morgan fingerprint density at radius 1 is 1.03 bits per heavy atom. The van der Waals surface area contributed by atoms with Gasteiger partial charge in [-0.15, -0.1) is 0 Å². The van der Waals surface area contributed by atoms with Crippen LogP contribution in [-0.2, 0) is 10.0 Å². The standard InChI is InChI=1S/C21H19ClN2O5S/c1-15(16-5-3-8-20(13-16)29-2)23(19-7-4-6-17(22)14-19)30(27,28)21-11-9-18(10-12-21)24(25)26/h3-15H,1-2H3/t15-/m1/s1. The van der Waals surface area contributed by atoms with Crippen LogP contribution in [-0.4, -0.2) is 20.5 Å². The Morgan fingerprint density at radius 2 is 1.70 bits per heavy atom. The minimum absolute atomic E-state index is 0.0668. The Hall–Kier alpha value is -3.10. The van der Waals surface area contributed by atoms with Gasteiger partial charge in [-0.3, -0.25) is 14.4 Å². The highest BCUT2D eigenvalue weighted by Crippen LogP contribution is 2.35. The first kappa shape index (κ1) is 21.6. The Bertz CT molecular complexity index is 1170. The Balaban J connectivity index is 2.14. The van der Waals surface area contributed by atoms with E-state index in [1.54, 1.807) is 55.5 Å². The summed E-state index contributed by atoms with van der Waals surface area (Å²) in [4.78, 5) is 10.3. The van der Waals surface area contributed by atoms with Gasteiger partial charge < -0.3 is 4.74 Å². The molecule has 0 N–H and O–H groups in total. The first-order valence-electron chi connectivity index (χ1n) is 8.92. The van der Waals surface area contributed by atoms with Crippen molar-refractivity contribution in [1.29, 1.82) is 0 Å². The summed E-state index contributed by atoms with van der Waals surface area (Å²) in [6.45, 7) is 1.75. The second-order valence-corrected chi connectivity index (χ2v) is 8.74. The van der Waals surface area contributed by atoms with Crippen LogP contribution in [0, 0.1) is 10.1 Å². The molecule has 0 unspecified atom stereocenters.